The number of esters is 1. The number of ether oxygens (including phenoxy) is 1. The molecule has 2 rings (SSSR count). The predicted molar refractivity (Wildman–Crippen MR) is 83.6 cm³/mol. The zero-order valence-electron chi connectivity index (χ0n) is 12.4. The molecule has 4 heteroatoms. The fraction of sp³-hybridized carbons (Fsp3) is 0.222. The Hall–Kier alpha value is -2.62. The summed E-state index contributed by atoms with van der Waals surface area (Å²) in [5.74, 6) is -1.05. The van der Waals surface area contributed by atoms with Crippen molar-refractivity contribution in [1.82, 2.24) is 0 Å². The number of carboxylic acid groups (broad SMARTS) is 1. The van der Waals surface area contributed by atoms with Crippen molar-refractivity contribution in [2.24, 2.45) is 0 Å². The molecule has 2 aromatic carbocycles. The molecule has 4 nitrogen and oxygen atoms in total. The van der Waals surface area contributed by atoms with Crippen LogP contribution in [-0.2, 0) is 27.2 Å². The quantitative estimate of drug-likeness (QED) is 0.832. The molecular weight excluding hydrogens is 280 g/mol. The largest absolute Gasteiger partial charge is 0.481 e. The van der Waals surface area contributed by atoms with E-state index in [1.54, 1.807) is 0 Å². The minimum atomic E-state index is -0.792. The van der Waals surface area contributed by atoms with Crippen LogP contribution in [0, 0.1) is 0 Å². The molecule has 0 unspecified atom stereocenters. The van der Waals surface area contributed by atoms with Gasteiger partial charge in [0.15, 0.2) is 0 Å². The van der Waals surface area contributed by atoms with E-state index in [2.05, 4.69) is 4.74 Å². The first-order valence-electron chi connectivity index (χ1n) is 7.05. The van der Waals surface area contributed by atoms with Gasteiger partial charge in [0.25, 0.3) is 0 Å². The number of hydrogen-bond acceptors (Lipinski definition) is 3. The summed E-state index contributed by atoms with van der Waals surface area (Å²) in [6, 6.07) is 15.5. The second-order valence-corrected chi connectivity index (χ2v) is 5.04. The summed E-state index contributed by atoms with van der Waals surface area (Å²) >= 11 is 0. The lowest BCUT2D eigenvalue weighted by atomic mass is 9.99. The second-order valence-electron chi connectivity index (χ2n) is 5.04. The molecule has 0 saturated heterocycles. The molecular formula is C18H18O4. The van der Waals surface area contributed by atoms with Crippen LogP contribution in [0.4, 0.5) is 0 Å². The molecule has 0 amide bonds. The van der Waals surface area contributed by atoms with Gasteiger partial charge < -0.3 is 9.84 Å². The number of benzene rings is 2. The standard InChI is InChI=1S/C18H18O4/c1-22-18(21)12-14-3-2-4-16(11-14)15-8-5-13(6-9-15)7-10-17(19)20/h2-6,8-9,11H,7,10,12H2,1H3,(H,19,20). The first-order valence-corrected chi connectivity index (χ1v) is 7.05. The lowest BCUT2D eigenvalue weighted by Gasteiger charge is -2.06. The molecule has 0 fully saturated rings. The Morgan fingerprint density at radius 3 is 2.36 bits per heavy atom. The zero-order valence-corrected chi connectivity index (χ0v) is 12.4. The summed E-state index contributed by atoms with van der Waals surface area (Å²) in [5.41, 5.74) is 3.95. The van der Waals surface area contributed by atoms with E-state index in [-0.39, 0.29) is 18.8 Å². The average molecular weight is 298 g/mol. The molecule has 0 radical (unpaired) electrons. The molecule has 0 spiro atoms. The van der Waals surface area contributed by atoms with Gasteiger partial charge in [-0.25, -0.2) is 0 Å². The van der Waals surface area contributed by atoms with E-state index in [0.717, 1.165) is 22.3 Å². The van der Waals surface area contributed by atoms with Crippen LogP contribution in [0.15, 0.2) is 48.5 Å². The molecule has 1 N–H and O–H groups in total. The van der Waals surface area contributed by atoms with E-state index in [1.165, 1.54) is 7.11 Å². The van der Waals surface area contributed by atoms with Gasteiger partial charge in [-0.1, -0.05) is 48.5 Å². The number of carboxylic acids is 1. The summed E-state index contributed by atoms with van der Waals surface area (Å²) in [7, 11) is 1.38. The van der Waals surface area contributed by atoms with Crippen molar-refractivity contribution < 1.29 is 19.4 Å². The molecule has 22 heavy (non-hydrogen) atoms. The van der Waals surface area contributed by atoms with Gasteiger partial charge in [0, 0.05) is 6.42 Å². The predicted octanol–water partition coefficient (Wildman–Crippen LogP) is 3.09. The zero-order chi connectivity index (χ0) is 15.9. The van der Waals surface area contributed by atoms with Gasteiger partial charge in [0.2, 0.25) is 0 Å². The van der Waals surface area contributed by atoms with Crippen LogP contribution in [0.2, 0.25) is 0 Å². The Morgan fingerprint density at radius 2 is 1.73 bits per heavy atom. The molecule has 0 aromatic heterocycles. The van der Waals surface area contributed by atoms with Gasteiger partial charge in [-0.05, 0) is 28.7 Å². The minimum Gasteiger partial charge on any atom is -0.481 e. The maximum absolute atomic E-state index is 11.3. The van der Waals surface area contributed by atoms with Crippen LogP contribution in [0.5, 0.6) is 0 Å². The monoisotopic (exact) mass is 298 g/mol. The number of methoxy groups -OCH3 is 1. The van der Waals surface area contributed by atoms with Crippen molar-refractivity contribution in [2.45, 2.75) is 19.3 Å². The fourth-order valence-corrected chi connectivity index (χ4v) is 2.21. The van der Waals surface area contributed by atoms with Gasteiger partial charge >= 0.3 is 11.9 Å². The Balaban J connectivity index is 2.12. The van der Waals surface area contributed by atoms with Crippen molar-refractivity contribution in [1.29, 1.82) is 0 Å². The summed E-state index contributed by atoms with van der Waals surface area (Å²) in [6.45, 7) is 0. The Morgan fingerprint density at radius 1 is 1.00 bits per heavy atom. The minimum absolute atomic E-state index is 0.133. The first kappa shape index (κ1) is 15.8. The number of aryl methyl sites for hydroxylation is 1. The van der Waals surface area contributed by atoms with Gasteiger partial charge in [0.05, 0.1) is 13.5 Å². The third kappa shape index (κ3) is 4.45. The van der Waals surface area contributed by atoms with Crippen molar-refractivity contribution in [3.63, 3.8) is 0 Å². The lowest BCUT2D eigenvalue weighted by Crippen LogP contribution is -2.04. The third-order valence-corrected chi connectivity index (χ3v) is 3.42. The summed E-state index contributed by atoms with van der Waals surface area (Å²) < 4.78 is 4.67. The molecule has 0 aliphatic heterocycles. The van der Waals surface area contributed by atoms with E-state index < -0.39 is 5.97 Å². The van der Waals surface area contributed by atoms with E-state index >= 15 is 0 Å². The molecule has 0 aliphatic rings. The number of aliphatic carboxylic acids is 1. The number of rotatable bonds is 6. The number of carbonyl (C=O) groups excluding carboxylic acids is 1. The molecule has 0 aliphatic carbocycles. The maximum Gasteiger partial charge on any atom is 0.309 e. The summed E-state index contributed by atoms with van der Waals surface area (Å²) in [6.07, 6.45) is 0.910. The Bertz CT molecular complexity index is 659. The topological polar surface area (TPSA) is 63.6 Å². The molecule has 114 valence electrons. The Labute approximate surface area is 129 Å². The van der Waals surface area contributed by atoms with Gasteiger partial charge in [-0.3, -0.25) is 9.59 Å². The highest BCUT2D eigenvalue weighted by Gasteiger charge is 2.05. The van der Waals surface area contributed by atoms with Crippen molar-refractivity contribution >= 4 is 11.9 Å². The van der Waals surface area contributed by atoms with Crippen LogP contribution < -0.4 is 0 Å². The van der Waals surface area contributed by atoms with E-state index in [9.17, 15) is 9.59 Å². The second kappa shape index (κ2) is 7.41. The van der Waals surface area contributed by atoms with Crippen LogP contribution >= 0.6 is 0 Å². The van der Waals surface area contributed by atoms with E-state index in [0.29, 0.717) is 6.42 Å². The molecule has 0 saturated carbocycles. The van der Waals surface area contributed by atoms with Gasteiger partial charge in [-0.2, -0.15) is 0 Å². The number of hydrogen-bond donors (Lipinski definition) is 1. The highest BCUT2D eigenvalue weighted by atomic mass is 16.5. The van der Waals surface area contributed by atoms with Gasteiger partial charge in [0.1, 0.15) is 0 Å². The van der Waals surface area contributed by atoms with Crippen LogP contribution in [0.25, 0.3) is 11.1 Å². The Kier molecular flexibility index (Phi) is 5.31. The van der Waals surface area contributed by atoms with Gasteiger partial charge in [-0.15, -0.1) is 0 Å². The fourth-order valence-electron chi connectivity index (χ4n) is 2.21. The number of carbonyl (C=O) groups is 2. The average Bonchev–Trinajstić information content (AvgIpc) is 2.53. The SMILES string of the molecule is COC(=O)Cc1cccc(-c2ccc(CCC(=O)O)cc2)c1. The molecule has 0 bridgehead atoms. The van der Waals surface area contributed by atoms with Crippen LogP contribution in [0.1, 0.15) is 17.5 Å². The van der Waals surface area contributed by atoms with Crippen molar-refractivity contribution in [3.05, 3.63) is 59.7 Å². The summed E-state index contributed by atoms with van der Waals surface area (Å²) in [4.78, 5) is 21.9. The van der Waals surface area contributed by atoms with E-state index in [4.69, 9.17) is 5.11 Å². The molecule has 2 aromatic rings. The van der Waals surface area contributed by atoms with E-state index in [1.807, 2.05) is 48.5 Å². The highest BCUT2D eigenvalue weighted by Crippen LogP contribution is 2.21. The normalized spacial score (nSPS) is 10.2. The first-order chi connectivity index (χ1) is 10.6. The van der Waals surface area contributed by atoms with Crippen LogP contribution in [-0.4, -0.2) is 24.2 Å². The maximum atomic E-state index is 11.3. The van der Waals surface area contributed by atoms with Crippen molar-refractivity contribution in [2.75, 3.05) is 7.11 Å². The molecule has 0 atom stereocenters. The summed E-state index contributed by atoms with van der Waals surface area (Å²) in [5, 5.41) is 8.69. The van der Waals surface area contributed by atoms with Crippen LogP contribution in [0.3, 0.4) is 0 Å². The lowest BCUT2D eigenvalue weighted by molar-refractivity contribution is -0.140. The third-order valence-electron chi connectivity index (χ3n) is 3.42. The smallest absolute Gasteiger partial charge is 0.309 e. The van der Waals surface area contributed by atoms with Crippen molar-refractivity contribution in [3.8, 4) is 11.1 Å². The molecule has 0 heterocycles. The highest BCUT2D eigenvalue weighted by molar-refractivity contribution is 5.74.